The summed E-state index contributed by atoms with van der Waals surface area (Å²) in [7, 11) is 1.73. The number of likely N-dealkylation sites (N-methyl/N-ethyl adjacent to an activating group) is 2. The Hall–Kier alpha value is -2.38. The highest BCUT2D eigenvalue weighted by Crippen LogP contribution is 2.32. The number of carbonyl (C=O) groups excluding carboxylic acids is 2. The lowest BCUT2D eigenvalue weighted by molar-refractivity contribution is -0.139. The van der Waals surface area contributed by atoms with Crippen molar-refractivity contribution < 1.29 is 14.3 Å². The molecule has 1 N–H and O–H groups in total. The van der Waals surface area contributed by atoms with Crippen molar-refractivity contribution >= 4 is 12.0 Å². The van der Waals surface area contributed by atoms with E-state index in [1.54, 1.807) is 18.9 Å². The zero-order valence-electron chi connectivity index (χ0n) is 19.5. The highest BCUT2D eigenvalue weighted by atomic mass is 16.5. The van der Waals surface area contributed by atoms with Crippen LogP contribution in [0.3, 0.4) is 0 Å². The Kier molecular flexibility index (Phi) is 7.73. The van der Waals surface area contributed by atoms with E-state index in [4.69, 9.17) is 4.74 Å². The largest absolute Gasteiger partial charge is 0.463 e. The molecule has 1 saturated heterocycles. The summed E-state index contributed by atoms with van der Waals surface area (Å²) < 4.78 is 5.43. The van der Waals surface area contributed by atoms with Crippen LogP contribution in [0.4, 0.5) is 4.79 Å². The summed E-state index contributed by atoms with van der Waals surface area (Å²) >= 11 is 0. The Morgan fingerprint density at radius 2 is 1.71 bits per heavy atom. The fourth-order valence-electron chi connectivity index (χ4n) is 4.20. The second kappa shape index (κ2) is 10.3. The van der Waals surface area contributed by atoms with E-state index in [0.29, 0.717) is 24.6 Å². The van der Waals surface area contributed by atoms with E-state index in [0.717, 1.165) is 44.0 Å². The summed E-state index contributed by atoms with van der Waals surface area (Å²) in [5.41, 5.74) is 3.37. The maximum Gasteiger partial charge on any atom is 0.338 e. The molecule has 0 aromatic heterocycles. The van der Waals surface area contributed by atoms with Gasteiger partial charge in [-0.15, -0.1) is 0 Å². The zero-order chi connectivity index (χ0) is 22.5. The zero-order valence-corrected chi connectivity index (χ0v) is 19.5. The Labute approximate surface area is 186 Å². The molecule has 0 saturated carbocycles. The number of piperazine rings is 1. The van der Waals surface area contributed by atoms with E-state index >= 15 is 0 Å². The quantitative estimate of drug-likeness (QED) is 0.677. The summed E-state index contributed by atoms with van der Waals surface area (Å²) in [4.78, 5) is 32.2. The highest BCUT2D eigenvalue weighted by Gasteiger charge is 2.37. The summed E-state index contributed by atoms with van der Waals surface area (Å²) in [6.07, 6.45) is 0. The lowest BCUT2D eigenvalue weighted by Crippen LogP contribution is -2.52. The summed E-state index contributed by atoms with van der Waals surface area (Å²) in [6.45, 7) is 14.0. The molecule has 31 heavy (non-hydrogen) atoms. The number of esters is 1. The first-order chi connectivity index (χ1) is 14.8. The van der Waals surface area contributed by atoms with Gasteiger partial charge in [-0.05, 0) is 30.5 Å². The van der Waals surface area contributed by atoms with Crippen molar-refractivity contribution in [3.05, 3.63) is 46.7 Å². The van der Waals surface area contributed by atoms with Crippen molar-refractivity contribution in [2.45, 2.75) is 39.7 Å². The monoisotopic (exact) mass is 428 g/mol. The fraction of sp³-hybridized carbons (Fsp3) is 0.583. The van der Waals surface area contributed by atoms with Gasteiger partial charge < -0.3 is 15.0 Å². The number of rotatable bonds is 7. The van der Waals surface area contributed by atoms with E-state index in [2.05, 4.69) is 48.0 Å². The molecular formula is C24H36N4O3. The van der Waals surface area contributed by atoms with Crippen LogP contribution < -0.4 is 5.32 Å². The number of amides is 2. The third kappa shape index (κ3) is 5.28. The Morgan fingerprint density at radius 1 is 1.10 bits per heavy atom. The first kappa shape index (κ1) is 23.3. The van der Waals surface area contributed by atoms with Gasteiger partial charge in [0, 0.05) is 45.5 Å². The van der Waals surface area contributed by atoms with E-state index in [9.17, 15) is 9.59 Å². The number of nitrogens with one attached hydrogen (secondary N) is 1. The minimum absolute atomic E-state index is 0.201. The topological polar surface area (TPSA) is 65.1 Å². The molecule has 170 valence electrons. The van der Waals surface area contributed by atoms with Crippen molar-refractivity contribution in [3.63, 3.8) is 0 Å². The number of carbonyl (C=O) groups is 2. The highest BCUT2D eigenvalue weighted by molar-refractivity contribution is 5.95. The van der Waals surface area contributed by atoms with Crippen LogP contribution in [0.25, 0.3) is 0 Å². The smallest absolute Gasteiger partial charge is 0.338 e. The Morgan fingerprint density at radius 3 is 2.26 bits per heavy atom. The van der Waals surface area contributed by atoms with Gasteiger partial charge in [-0.1, -0.05) is 45.0 Å². The fourth-order valence-corrected chi connectivity index (χ4v) is 4.20. The van der Waals surface area contributed by atoms with Crippen molar-refractivity contribution in [2.24, 2.45) is 0 Å². The SMILES string of the molecule is CCOC(=O)C1=C(CN2CCN(CC)CC2)N(C)C(=O)NC1c1ccc(C(C)C)cc1. The van der Waals surface area contributed by atoms with Crippen LogP contribution in [0.2, 0.25) is 0 Å². The standard InChI is InChI=1S/C24H36N4O3/c1-6-27-12-14-28(15-13-27)16-20-21(23(29)31-7-2)22(25-24(30)26(20)5)19-10-8-18(9-11-19)17(3)4/h8-11,17,22H,6-7,12-16H2,1-5H3,(H,25,30). The molecule has 1 aromatic carbocycles. The molecule has 1 unspecified atom stereocenters. The Bertz CT molecular complexity index is 811. The van der Waals surface area contributed by atoms with Crippen molar-refractivity contribution in [1.29, 1.82) is 0 Å². The van der Waals surface area contributed by atoms with Crippen LogP contribution >= 0.6 is 0 Å². The second-order valence-corrected chi connectivity index (χ2v) is 8.55. The van der Waals surface area contributed by atoms with Gasteiger partial charge >= 0.3 is 12.0 Å². The van der Waals surface area contributed by atoms with E-state index in [1.165, 1.54) is 5.56 Å². The molecule has 2 amide bonds. The van der Waals surface area contributed by atoms with Gasteiger partial charge in [0.1, 0.15) is 0 Å². The van der Waals surface area contributed by atoms with E-state index < -0.39 is 6.04 Å². The van der Waals surface area contributed by atoms with Crippen LogP contribution in [0, 0.1) is 0 Å². The maximum absolute atomic E-state index is 13.1. The minimum Gasteiger partial charge on any atom is -0.463 e. The molecule has 2 heterocycles. The molecular weight excluding hydrogens is 392 g/mol. The molecule has 1 fully saturated rings. The van der Waals surface area contributed by atoms with Gasteiger partial charge in [0.2, 0.25) is 0 Å². The number of urea groups is 1. The van der Waals surface area contributed by atoms with Gasteiger partial charge in [-0.2, -0.15) is 0 Å². The lowest BCUT2D eigenvalue weighted by Gasteiger charge is -2.39. The first-order valence-corrected chi connectivity index (χ1v) is 11.3. The van der Waals surface area contributed by atoms with Crippen LogP contribution in [0.1, 0.15) is 50.8 Å². The second-order valence-electron chi connectivity index (χ2n) is 8.55. The van der Waals surface area contributed by atoms with Crippen LogP contribution in [0.5, 0.6) is 0 Å². The number of ether oxygens (including phenoxy) is 1. The Balaban J connectivity index is 1.96. The van der Waals surface area contributed by atoms with Crippen LogP contribution in [0.15, 0.2) is 35.5 Å². The summed E-state index contributed by atoms with van der Waals surface area (Å²) in [5.74, 6) is 0.0491. The maximum atomic E-state index is 13.1. The molecule has 0 bridgehead atoms. The minimum atomic E-state index is -0.518. The van der Waals surface area contributed by atoms with Crippen LogP contribution in [-0.4, -0.2) is 79.6 Å². The molecule has 1 aromatic rings. The molecule has 0 aliphatic carbocycles. The molecule has 0 spiro atoms. The number of nitrogens with zero attached hydrogens (tertiary/aromatic N) is 3. The molecule has 1 atom stereocenters. The average Bonchev–Trinajstić information content (AvgIpc) is 2.77. The van der Waals surface area contributed by atoms with Gasteiger partial charge in [-0.3, -0.25) is 9.80 Å². The van der Waals surface area contributed by atoms with Crippen molar-refractivity contribution in [3.8, 4) is 0 Å². The normalized spacial score (nSPS) is 20.9. The molecule has 2 aliphatic heterocycles. The molecule has 2 aliphatic rings. The number of benzene rings is 1. The van der Waals surface area contributed by atoms with Crippen LogP contribution in [-0.2, 0) is 9.53 Å². The first-order valence-electron chi connectivity index (χ1n) is 11.3. The number of hydrogen-bond donors (Lipinski definition) is 1. The average molecular weight is 429 g/mol. The van der Waals surface area contributed by atoms with E-state index in [-0.39, 0.29) is 12.0 Å². The van der Waals surface area contributed by atoms with Crippen molar-refractivity contribution in [1.82, 2.24) is 20.0 Å². The lowest BCUT2D eigenvalue weighted by atomic mass is 9.92. The third-order valence-corrected chi connectivity index (χ3v) is 6.29. The summed E-state index contributed by atoms with van der Waals surface area (Å²) in [6, 6.07) is 7.42. The number of hydrogen-bond acceptors (Lipinski definition) is 5. The van der Waals surface area contributed by atoms with Gasteiger partial charge in [0.25, 0.3) is 0 Å². The third-order valence-electron chi connectivity index (χ3n) is 6.29. The van der Waals surface area contributed by atoms with Gasteiger partial charge in [0.05, 0.1) is 18.2 Å². The predicted molar refractivity (Wildman–Crippen MR) is 122 cm³/mol. The molecule has 0 radical (unpaired) electrons. The van der Waals surface area contributed by atoms with E-state index in [1.807, 2.05) is 12.1 Å². The summed E-state index contributed by atoms with van der Waals surface area (Å²) in [5, 5.41) is 3.01. The van der Waals surface area contributed by atoms with Gasteiger partial charge in [0.15, 0.2) is 0 Å². The van der Waals surface area contributed by atoms with Gasteiger partial charge in [-0.25, -0.2) is 9.59 Å². The predicted octanol–water partition coefficient (Wildman–Crippen LogP) is 2.96. The molecule has 7 nitrogen and oxygen atoms in total. The van der Waals surface area contributed by atoms with Crippen molar-refractivity contribution in [2.75, 3.05) is 52.9 Å². The molecule has 7 heteroatoms. The molecule has 3 rings (SSSR count).